The van der Waals surface area contributed by atoms with Crippen LogP contribution in [-0.4, -0.2) is 4.98 Å². The van der Waals surface area contributed by atoms with Crippen molar-refractivity contribution < 1.29 is 0 Å². The van der Waals surface area contributed by atoms with E-state index in [4.69, 9.17) is 0 Å². The van der Waals surface area contributed by atoms with E-state index in [0.717, 1.165) is 0 Å². The Kier molecular flexibility index (Phi) is 10.5. The lowest BCUT2D eigenvalue weighted by atomic mass is 9.98. The summed E-state index contributed by atoms with van der Waals surface area (Å²) < 4.78 is 0. The van der Waals surface area contributed by atoms with Crippen molar-refractivity contribution in [2.24, 2.45) is 0 Å². The summed E-state index contributed by atoms with van der Waals surface area (Å²) in [6.07, 6.45) is 1.91. The van der Waals surface area contributed by atoms with Crippen molar-refractivity contribution in [1.29, 1.82) is 0 Å². The predicted octanol–water partition coefficient (Wildman–Crippen LogP) is 9.90. The molecular weight excluding hydrogens is 410 g/mol. The minimum Gasteiger partial charge on any atom is -0.261 e. The van der Waals surface area contributed by atoms with Gasteiger partial charge < -0.3 is 0 Å². The molecule has 0 saturated heterocycles. The molecule has 0 radical (unpaired) electrons. The van der Waals surface area contributed by atoms with E-state index in [1.807, 2.05) is 6.20 Å². The maximum absolute atomic E-state index is 4.28. The number of rotatable bonds is 3. The van der Waals surface area contributed by atoms with Gasteiger partial charge in [-0.05, 0) is 72.1 Å². The predicted molar refractivity (Wildman–Crippen MR) is 151 cm³/mol. The van der Waals surface area contributed by atoms with Crippen LogP contribution in [0.25, 0.3) is 10.8 Å². The molecule has 0 N–H and O–H groups in total. The van der Waals surface area contributed by atoms with Crippen LogP contribution in [-0.2, 0) is 0 Å². The fraction of sp³-hybridized carbons (Fsp3) is 0.364. The van der Waals surface area contributed by atoms with Gasteiger partial charge in [0, 0.05) is 11.9 Å². The molecule has 1 nitrogen and oxygen atoms in total. The molecule has 3 aromatic carbocycles. The van der Waals surface area contributed by atoms with Gasteiger partial charge in [0.15, 0.2) is 0 Å². The van der Waals surface area contributed by atoms with E-state index in [0.29, 0.717) is 17.8 Å². The smallest absolute Gasteiger partial charge is 0.0429 e. The van der Waals surface area contributed by atoms with Gasteiger partial charge in [0.2, 0.25) is 0 Å². The molecule has 4 aromatic rings. The number of hydrogen-bond donors (Lipinski definition) is 0. The normalized spacial score (nSPS) is 10.7. The van der Waals surface area contributed by atoms with Gasteiger partial charge in [0.05, 0.1) is 0 Å². The SMILES string of the molecule is Cc1ccc(C(C)C)cc1.Cc1ccc(C(C)C)nc1.Cc1ccc2cc(C(C)C)ccc2c1. The van der Waals surface area contributed by atoms with Gasteiger partial charge in [0.25, 0.3) is 0 Å². The Morgan fingerprint density at radius 3 is 1.50 bits per heavy atom. The van der Waals surface area contributed by atoms with E-state index in [9.17, 15) is 0 Å². The summed E-state index contributed by atoms with van der Waals surface area (Å²) in [4.78, 5) is 4.28. The fourth-order valence-corrected chi connectivity index (χ4v) is 3.51. The van der Waals surface area contributed by atoms with Crippen LogP contribution < -0.4 is 0 Å². The Balaban J connectivity index is 0.000000185. The third kappa shape index (κ3) is 8.78. The Morgan fingerprint density at radius 2 is 0.971 bits per heavy atom. The average Bonchev–Trinajstić information content (AvgIpc) is 2.80. The molecule has 0 aliphatic rings. The van der Waals surface area contributed by atoms with Crippen LogP contribution in [0.5, 0.6) is 0 Å². The van der Waals surface area contributed by atoms with Crippen LogP contribution in [0.3, 0.4) is 0 Å². The number of hydrogen-bond acceptors (Lipinski definition) is 1. The molecule has 1 aromatic heterocycles. The molecule has 0 fully saturated rings. The average molecular weight is 454 g/mol. The van der Waals surface area contributed by atoms with Crippen LogP contribution >= 0.6 is 0 Å². The lowest BCUT2D eigenvalue weighted by Crippen LogP contribution is -1.90. The highest BCUT2D eigenvalue weighted by molar-refractivity contribution is 5.83. The summed E-state index contributed by atoms with van der Waals surface area (Å²) in [7, 11) is 0. The fourth-order valence-electron chi connectivity index (χ4n) is 3.51. The van der Waals surface area contributed by atoms with Crippen molar-refractivity contribution in [2.75, 3.05) is 0 Å². The van der Waals surface area contributed by atoms with Crippen molar-refractivity contribution in [2.45, 2.75) is 80.1 Å². The van der Waals surface area contributed by atoms with Crippen LogP contribution in [0.2, 0.25) is 0 Å². The first-order valence-electron chi connectivity index (χ1n) is 12.6. The Bertz CT molecular complexity index is 1080. The van der Waals surface area contributed by atoms with Crippen LogP contribution in [0.15, 0.2) is 79.0 Å². The van der Waals surface area contributed by atoms with Crippen molar-refractivity contribution in [3.05, 3.63) is 113 Å². The maximum Gasteiger partial charge on any atom is 0.0429 e. The van der Waals surface area contributed by atoms with Crippen molar-refractivity contribution in [3.8, 4) is 0 Å². The van der Waals surface area contributed by atoms with Gasteiger partial charge in [-0.3, -0.25) is 4.98 Å². The summed E-state index contributed by atoms with van der Waals surface area (Å²) in [5.41, 5.74) is 7.90. The zero-order valence-corrected chi connectivity index (χ0v) is 22.7. The first-order valence-corrected chi connectivity index (χ1v) is 12.6. The standard InChI is InChI=1S/C14H16.C10H14.C9H13N/c1-10(2)12-6-7-13-8-11(3)4-5-14(13)9-12;1-8(2)10-6-4-9(3)5-7-10;1-7(2)9-5-4-8(3)6-10-9/h4-10H,1-3H3;4-8H,1-3H3;4-7H,1-3H3. The van der Waals surface area contributed by atoms with E-state index >= 15 is 0 Å². The number of pyridine rings is 1. The van der Waals surface area contributed by atoms with Gasteiger partial charge in [0.1, 0.15) is 0 Å². The van der Waals surface area contributed by atoms with E-state index in [1.165, 1.54) is 44.3 Å². The van der Waals surface area contributed by atoms with Crippen LogP contribution in [0.4, 0.5) is 0 Å². The van der Waals surface area contributed by atoms with Crippen molar-refractivity contribution in [1.82, 2.24) is 4.98 Å². The molecule has 1 heterocycles. The molecule has 180 valence electrons. The topological polar surface area (TPSA) is 12.9 Å². The number of fused-ring (bicyclic) bond motifs is 1. The van der Waals surface area contributed by atoms with Gasteiger partial charge in [-0.15, -0.1) is 0 Å². The van der Waals surface area contributed by atoms with Crippen LogP contribution in [0.1, 0.15) is 92.8 Å². The van der Waals surface area contributed by atoms with E-state index in [-0.39, 0.29) is 0 Å². The molecule has 0 spiro atoms. The lowest BCUT2D eigenvalue weighted by Gasteiger charge is -2.07. The minimum atomic E-state index is 0.542. The second kappa shape index (κ2) is 13.1. The quantitative estimate of drug-likeness (QED) is 0.301. The molecule has 0 bridgehead atoms. The highest BCUT2D eigenvalue weighted by atomic mass is 14.7. The van der Waals surface area contributed by atoms with E-state index < -0.39 is 0 Å². The number of nitrogens with zero attached hydrogens (tertiary/aromatic N) is 1. The Hall–Kier alpha value is -2.93. The largest absolute Gasteiger partial charge is 0.261 e. The van der Waals surface area contributed by atoms with E-state index in [2.05, 4.69) is 140 Å². The molecular formula is C33H43N. The molecule has 0 amide bonds. The Morgan fingerprint density at radius 1 is 0.471 bits per heavy atom. The third-order valence-corrected chi connectivity index (χ3v) is 5.96. The van der Waals surface area contributed by atoms with Crippen molar-refractivity contribution in [3.63, 3.8) is 0 Å². The van der Waals surface area contributed by atoms with Gasteiger partial charge >= 0.3 is 0 Å². The number of aryl methyl sites for hydroxylation is 3. The second-order valence-corrected chi connectivity index (χ2v) is 10.2. The highest BCUT2D eigenvalue weighted by Gasteiger charge is 2.00. The molecule has 0 unspecified atom stereocenters. The van der Waals surface area contributed by atoms with Gasteiger partial charge in [-0.2, -0.15) is 0 Å². The molecule has 34 heavy (non-hydrogen) atoms. The molecule has 0 aliphatic carbocycles. The first-order chi connectivity index (χ1) is 16.1. The first kappa shape index (κ1) is 27.3. The second-order valence-electron chi connectivity index (χ2n) is 10.2. The molecule has 0 aliphatic heterocycles. The summed E-state index contributed by atoms with van der Waals surface area (Å²) >= 11 is 0. The Labute approximate surface area is 208 Å². The summed E-state index contributed by atoms with van der Waals surface area (Å²) in [5.74, 6) is 1.81. The minimum absolute atomic E-state index is 0.542. The molecule has 0 saturated carbocycles. The highest BCUT2D eigenvalue weighted by Crippen LogP contribution is 2.22. The summed E-state index contributed by atoms with van der Waals surface area (Å²) in [6, 6.07) is 26.2. The summed E-state index contributed by atoms with van der Waals surface area (Å²) in [5, 5.41) is 2.69. The molecule has 0 atom stereocenters. The van der Waals surface area contributed by atoms with Gasteiger partial charge in [-0.1, -0.05) is 119 Å². The number of aromatic nitrogens is 1. The zero-order valence-electron chi connectivity index (χ0n) is 22.7. The van der Waals surface area contributed by atoms with Crippen molar-refractivity contribution >= 4 is 10.8 Å². The third-order valence-electron chi connectivity index (χ3n) is 5.96. The van der Waals surface area contributed by atoms with E-state index in [1.54, 1.807) is 0 Å². The number of benzene rings is 3. The molecule has 1 heteroatoms. The summed E-state index contributed by atoms with van der Waals surface area (Å²) in [6.45, 7) is 19.5. The monoisotopic (exact) mass is 453 g/mol. The maximum atomic E-state index is 4.28. The molecule has 4 rings (SSSR count). The van der Waals surface area contributed by atoms with Crippen LogP contribution in [0, 0.1) is 20.8 Å². The van der Waals surface area contributed by atoms with Gasteiger partial charge in [-0.25, -0.2) is 0 Å². The lowest BCUT2D eigenvalue weighted by molar-refractivity contribution is 0.821. The zero-order chi connectivity index (χ0) is 25.3.